The molecule has 0 heterocycles. The van der Waals surface area contributed by atoms with E-state index in [-0.39, 0.29) is 19.0 Å². The van der Waals surface area contributed by atoms with Crippen LogP contribution >= 0.6 is 12.4 Å². The van der Waals surface area contributed by atoms with Crippen molar-refractivity contribution < 1.29 is 9.84 Å². The number of aliphatic hydroxyl groups excluding tert-OH is 1. The maximum absolute atomic E-state index is 8.68. The molecule has 1 N–H and O–H groups in total. The van der Waals surface area contributed by atoms with Gasteiger partial charge in [-0.2, -0.15) is 0 Å². The highest BCUT2D eigenvalue weighted by molar-refractivity contribution is 5.88. The number of hydrogen-bond donors (Lipinski definition) is 1. The maximum atomic E-state index is 8.68. The Balaban J connectivity index is 0.00000128. The van der Waals surface area contributed by atoms with Crippen molar-refractivity contribution in [3.63, 3.8) is 0 Å². The molecule has 0 saturated heterocycles. The van der Waals surface area contributed by atoms with Crippen LogP contribution in [0.1, 0.15) is 6.42 Å². The lowest BCUT2D eigenvalue weighted by molar-refractivity contribution is 0.235. The van der Waals surface area contributed by atoms with Crippen molar-refractivity contribution in [1.82, 2.24) is 0 Å². The van der Waals surface area contributed by atoms with Crippen LogP contribution in [0, 0.1) is 0 Å². The highest BCUT2D eigenvalue weighted by atomic mass is 35.5. The van der Waals surface area contributed by atoms with Gasteiger partial charge < -0.3 is 9.84 Å². The predicted molar refractivity (Wildman–Crippen MR) is 68.4 cm³/mol. The molecule has 0 unspecified atom stereocenters. The van der Waals surface area contributed by atoms with Gasteiger partial charge in [-0.15, -0.1) is 12.4 Å². The van der Waals surface area contributed by atoms with E-state index in [1.54, 1.807) is 0 Å². The van der Waals surface area contributed by atoms with Crippen LogP contribution in [0.2, 0.25) is 0 Å². The Hall–Kier alpha value is -1.25. The fourth-order valence-electron chi connectivity index (χ4n) is 1.57. The number of benzene rings is 2. The lowest BCUT2D eigenvalue weighted by atomic mass is 10.1. The molecule has 0 fully saturated rings. The molecule has 16 heavy (non-hydrogen) atoms. The third kappa shape index (κ3) is 2.87. The lowest BCUT2D eigenvalue weighted by Gasteiger charge is -2.08. The molecule has 0 amide bonds. The quantitative estimate of drug-likeness (QED) is 0.830. The van der Waals surface area contributed by atoms with Gasteiger partial charge >= 0.3 is 0 Å². The van der Waals surface area contributed by atoms with Gasteiger partial charge in [0, 0.05) is 18.4 Å². The van der Waals surface area contributed by atoms with Crippen molar-refractivity contribution >= 4 is 23.2 Å². The molecule has 0 aromatic heterocycles. The third-order valence-electron chi connectivity index (χ3n) is 2.31. The molecule has 0 aliphatic carbocycles. The first-order valence-corrected chi connectivity index (χ1v) is 5.13. The minimum Gasteiger partial charge on any atom is -0.493 e. The van der Waals surface area contributed by atoms with Gasteiger partial charge in [0.25, 0.3) is 0 Å². The molecule has 2 nitrogen and oxygen atoms in total. The van der Waals surface area contributed by atoms with Crippen LogP contribution in [-0.4, -0.2) is 18.3 Å². The van der Waals surface area contributed by atoms with Crippen LogP contribution in [-0.2, 0) is 0 Å². The van der Waals surface area contributed by atoms with Gasteiger partial charge in [0.1, 0.15) is 5.75 Å². The smallest absolute Gasteiger partial charge is 0.127 e. The highest BCUT2D eigenvalue weighted by Crippen LogP contribution is 2.24. The number of aliphatic hydroxyl groups is 1. The molecule has 3 heteroatoms. The van der Waals surface area contributed by atoms with E-state index >= 15 is 0 Å². The third-order valence-corrected chi connectivity index (χ3v) is 2.31. The Labute approximate surface area is 101 Å². The molecule has 86 valence electrons. The second kappa shape index (κ2) is 6.36. The van der Waals surface area contributed by atoms with Gasteiger partial charge in [0.05, 0.1) is 6.61 Å². The van der Waals surface area contributed by atoms with Gasteiger partial charge in [0.2, 0.25) is 0 Å². The largest absolute Gasteiger partial charge is 0.493 e. The molecular weight excluding hydrogens is 224 g/mol. The second-order valence-corrected chi connectivity index (χ2v) is 3.40. The molecule has 0 aliphatic heterocycles. The van der Waals surface area contributed by atoms with Crippen molar-refractivity contribution in [1.29, 1.82) is 0 Å². The number of hydrogen-bond acceptors (Lipinski definition) is 2. The average Bonchev–Trinajstić information content (AvgIpc) is 2.30. The van der Waals surface area contributed by atoms with Crippen LogP contribution in [0.25, 0.3) is 10.8 Å². The second-order valence-electron chi connectivity index (χ2n) is 3.40. The molecule has 2 aromatic carbocycles. The number of fused-ring (bicyclic) bond motifs is 1. The van der Waals surface area contributed by atoms with Gasteiger partial charge in [-0.05, 0) is 11.5 Å². The van der Waals surface area contributed by atoms with Crippen LogP contribution < -0.4 is 4.74 Å². The molecule has 0 bridgehead atoms. The molecule has 0 spiro atoms. The standard InChI is InChI=1S/C13H14O2.ClH/c14-9-4-10-15-13-8-3-6-11-5-1-2-7-12(11)13;/h1-3,5-8,14H,4,9-10H2;1H. The summed E-state index contributed by atoms with van der Waals surface area (Å²) in [6.45, 7) is 0.731. The Bertz CT molecular complexity index is 437. The van der Waals surface area contributed by atoms with Gasteiger partial charge in [-0.25, -0.2) is 0 Å². The van der Waals surface area contributed by atoms with Gasteiger partial charge in [-0.1, -0.05) is 36.4 Å². The Morgan fingerprint density at radius 1 is 1.00 bits per heavy atom. The summed E-state index contributed by atoms with van der Waals surface area (Å²) in [5.41, 5.74) is 0. The summed E-state index contributed by atoms with van der Waals surface area (Å²) in [6.07, 6.45) is 0.670. The van der Waals surface area contributed by atoms with E-state index in [2.05, 4.69) is 12.1 Å². The van der Waals surface area contributed by atoms with E-state index in [0.29, 0.717) is 13.0 Å². The summed E-state index contributed by atoms with van der Waals surface area (Å²) in [6, 6.07) is 14.1. The van der Waals surface area contributed by atoms with E-state index < -0.39 is 0 Å². The molecule has 0 atom stereocenters. The van der Waals surface area contributed by atoms with Crippen molar-refractivity contribution in [2.24, 2.45) is 0 Å². The number of ether oxygens (including phenoxy) is 1. The normalized spacial score (nSPS) is 9.81. The SMILES string of the molecule is Cl.OCCCOc1cccc2ccccc12. The minimum absolute atomic E-state index is 0. The van der Waals surface area contributed by atoms with Gasteiger partial charge in [0.15, 0.2) is 0 Å². The fraction of sp³-hybridized carbons (Fsp3) is 0.231. The Morgan fingerprint density at radius 2 is 1.75 bits per heavy atom. The summed E-state index contributed by atoms with van der Waals surface area (Å²) in [4.78, 5) is 0. The van der Waals surface area contributed by atoms with E-state index in [1.807, 2.05) is 30.3 Å². The number of rotatable bonds is 4. The van der Waals surface area contributed by atoms with Crippen molar-refractivity contribution in [2.75, 3.05) is 13.2 Å². The van der Waals surface area contributed by atoms with Crippen molar-refractivity contribution in [2.45, 2.75) is 6.42 Å². The molecule has 0 radical (unpaired) electrons. The zero-order valence-electron chi connectivity index (χ0n) is 8.93. The monoisotopic (exact) mass is 238 g/mol. The molecule has 0 aliphatic rings. The summed E-state index contributed by atoms with van der Waals surface area (Å²) < 4.78 is 5.60. The van der Waals surface area contributed by atoms with Gasteiger partial charge in [-0.3, -0.25) is 0 Å². The van der Waals surface area contributed by atoms with E-state index in [0.717, 1.165) is 11.1 Å². The molecule has 2 rings (SSSR count). The highest BCUT2D eigenvalue weighted by Gasteiger charge is 1.99. The summed E-state index contributed by atoms with van der Waals surface area (Å²) >= 11 is 0. The first-order valence-electron chi connectivity index (χ1n) is 5.13. The zero-order valence-corrected chi connectivity index (χ0v) is 9.74. The maximum Gasteiger partial charge on any atom is 0.127 e. The minimum atomic E-state index is 0. The zero-order chi connectivity index (χ0) is 10.5. The van der Waals surface area contributed by atoms with E-state index in [4.69, 9.17) is 9.84 Å². The fourth-order valence-corrected chi connectivity index (χ4v) is 1.57. The lowest BCUT2D eigenvalue weighted by Crippen LogP contribution is -1.99. The van der Waals surface area contributed by atoms with Crippen LogP contribution in [0.4, 0.5) is 0 Å². The Morgan fingerprint density at radius 3 is 2.56 bits per heavy atom. The number of halogens is 1. The summed E-state index contributed by atoms with van der Waals surface area (Å²) in [5, 5.41) is 11.0. The average molecular weight is 239 g/mol. The van der Waals surface area contributed by atoms with Crippen molar-refractivity contribution in [3.8, 4) is 5.75 Å². The topological polar surface area (TPSA) is 29.5 Å². The van der Waals surface area contributed by atoms with Crippen LogP contribution in [0.3, 0.4) is 0 Å². The molecular formula is C13H15ClO2. The summed E-state index contributed by atoms with van der Waals surface area (Å²) in [5.74, 6) is 0.890. The van der Waals surface area contributed by atoms with E-state index in [1.165, 1.54) is 5.39 Å². The van der Waals surface area contributed by atoms with Crippen molar-refractivity contribution in [3.05, 3.63) is 42.5 Å². The van der Waals surface area contributed by atoms with Crippen LogP contribution in [0.5, 0.6) is 5.75 Å². The molecule has 2 aromatic rings. The first-order chi connectivity index (χ1) is 7.42. The molecule has 0 saturated carbocycles. The first kappa shape index (κ1) is 12.8. The Kier molecular flexibility index (Phi) is 5.09. The van der Waals surface area contributed by atoms with Crippen LogP contribution in [0.15, 0.2) is 42.5 Å². The predicted octanol–water partition coefficient (Wildman–Crippen LogP) is 3.02. The summed E-state index contributed by atoms with van der Waals surface area (Å²) in [7, 11) is 0. The van der Waals surface area contributed by atoms with E-state index in [9.17, 15) is 0 Å².